The average molecular weight is 888 g/mol. The number of hydrogen-bond donors (Lipinski definition) is 6. The number of nitrogens with zero attached hydrogens (tertiary/aromatic N) is 3. The van der Waals surface area contributed by atoms with E-state index in [2.05, 4.69) is 33.2 Å². The van der Waals surface area contributed by atoms with Crippen LogP contribution >= 0.6 is 0 Å². The van der Waals surface area contributed by atoms with Crippen LogP contribution in [-0.2, 0) is 38.4 Å². The van der Waals surface area contributed by atoms with Gasteiger partial charge in [0.1, 0.15) is 55.4 Å². The number of rotatable bonds is 19. The first-order chi connectivity index (χ1) is 31.4. The molecule has 16 nitrogen and oxygen atoms in total. The van der Waals surface area contributed by atoms with Crippen molar-refractivity contribution >= 4 is 29.5 Å². The lowest BCUT2D eigenvalue weighted by Gasteiger charge is -2.33. The molecule has 3 aromatic carbocycles. The highest BCUT2D eigenvalue weighted by atomic mass is 16.5. The minimum absolute atomic E-state index is 0.0136. The van der Waals surface area contributed by atoms with Gasteiger partial charge in [0.25, 0.3) is 5.91 Å². The smallest absolute Gasteiger partial charge is 0.252 e. The molecule has 4 aromatic rings. The quantitative estimate of drug-likeness (QED) is 0.0587. The van der Waals surface area contributed by atoms with Crippen LogP contribution in [0.15, 0.2) is 79.1 Å². The molecule has 4 atom stereocenters. The van der Waals surface area contributed by atoms with E-state index in [1.807, 2.05) is 25.1 Å². The Bertz CT molecular complexity index is 2330. The Balaban J connectivity index is 1.61. The van der Waals surface area contributed by atoms with Gasteiger partial charge < -0.3 is 47.1 Å². The van der Waals surface area contributed by atoms with Crippen LogP contribution in [0.4, 0.5) is 0 Å². The number of ether oxygens (including phenoxy) is 2. The van der Waals surface area contributed by atoms with Crippen LogP contribution in [0.5, 0.6) is 11.5 Å². The average Bonchev–Trinajstić information content (AvgIpc) is 3.30. The van der Waals surface area contributed by atoms with Gasteiger partial charge >= 0.3 is 0 Å². The summed E-state index contributed by atoms with van der Waals surface area (Å²) < 4.78 is 12.2. The van der Waals surface area contributed by atoms with E-state index < -0.39 is 53.7 Å². The molecule has 8 N–H and O–H groups in total. The minimum atomic E-state index is -1.38. The highest BCUT2D eigenvalue weighted by Crippen LogP contribution is 2.40. The second-order valence-electron chi connectivity index (χ2n) is 16.1. The number of aromatic nitrogens is 1. The molecule has 0 saturated heterocycles. The number of benzene rings is 3. The van der Waals surface area contributed by atoms with Gasteiger partial charge in [-0.1, -0.05) is 50.5 Å². The van der Waals surface area contributed by atoms with Crippen LogP contribution in [0.1, 0.15) is 83.7 Å². The number of pyridine rings is 1. The highest BCUT2D eigenvalue weighted by Gasteiger charge is 2.36. The molecular weight excluding hydrogens is 827 g/mol. The van der Waals surface area contributed by atoms with Gasteiger partial charge in [-0.15, -0.1) is 0 Å². The number of fused-ring (bicyclic) bond motifs is 5. The largest absolute Gasteiger partial charge is 0.492 e. The van der Waals surface area contributed by atoms with Crippen molar-refractivity contribution in [3.63, 3.8) is 0 Å². The molecule has 65 heavy (non-hydrogen) atoms. The lowest BCUT2D eigenvalue weighted by atomic mass is 9.93. The van der Waals surface area contributed by atoms with Gasteiger partial charge in [-0.25, -0.2) is 0 Å². The number of carbonyl (C=O) groups excluding carboxylic acids is 5. The summed E-state index contributed by atoms with van der Waals surface area (Å²) in [6.45, 7) is 5.92. The molecule has 1 aliphatic rings. The number of nitrogens with two attached hydrogens (primary N) is 2. The fraction of sp³-hybridized carbons (Fsp3) is 0.408. The number of aryl methyl sites for hydroxylation is 2. The van der Waals surface area contributed by atoms with Crippen LogP contribution in [0.25, 0.3) is 11.1 Å². The van der Waals surface area contributed by atoms with E-state index in [-0.39, 0.29) is 45.7 Å². The molecule has 0 radical (unpaired) electrons. The standard InChI is InChI=1S/C49H61N9O7/c1-5-6-7-8-9-33-10-13-37(31(2)26-33)46(60)57-41(28-34-16-21-53-22-17-34)49(63)58(4)44-36-12-15-43(65-25-20-52)39(30-36)38-27-35(11-14-42(38)64-24-19-51)29-40(47(61)54-23-18-50)56-45(59)32(3)55-48(44)62/h10-17,21-22,26-27,30,32,40-41,44H,5-9,19-20,23-25,28-29,51-52H2,1-4H3,(H,54,61)(H,55,62)(H,56,59)(H,57,60)/t32-,40-,41-,44-/m0/s1. The first-order valence-electron chi connectivity index (χ1n) is 22.1. The number of likely N-dealkylation sites (N-methyl/N-ethyl adjacent to an activating group) is 1. The molecule has 0 fully saturated rings. The van der Waals surface area contributed by atoms with Crippen molar-refractivity contribution < 1.29 is 33.4 Å². The van der Waals surface area contributed by atoms with Crippen LogP contribution in [0.3, 0.4) is 0 Å². The Hall–Kier alpha value is -6.83. The van der Waals surface area contributed by atoms with E-state index in [9.17, 15) is 24.4 Å². The SMILES string of the molecule is CCCCCCc1ccc(C(=O)N[C@@H](Cc2ccncc2)C(=O)N(C)[C@@H]2C(=O)N[C@@H](C)C(=O)N[C@H](C(=O)NCC#N)Cc3ccc(OCCN)c(c3)-c3cc2ccc3OCCN)c(C)c1. The maximum atomic E-state index is 15.0. The normalized spacial score (nSPS) is 16.4. The predicted molar refractivity (Wildman–Crippen MR) is 247 cm³/mol. The summed E-state index contributed by atoms with van der Waals surface area (Å²) in [5.41, 5.74) is 16.7. The summed E-state index contributed by atoms with van der Waals surface area (Å²) in [5.74, 6) is -2.25. The summed E-state index contributed by atoms with van der Waals surface area (Å²) in [5, 5.41) is 20.2. The summed E-state index contributed by atoms with van der Waals surface area (Å²) in [6, 6.07) is 16.5. The van der Waals surface area contributed by atoms with Crippen molar-refractivity contribution in [2.75, 3.05) is 39.9 Å². The van der Waals surface area contributed by atoms with Gasteiger partial charge in [0.05, 0.1) is 6.07 Å². The monoisotopic (exact) mass is 887 g/mol. The van der Waals surface area contributed by atoms with Gasteiger partial charge in [0, 0.05) is 62.1 Å². The van der Waals surface area contributed by atoms with E-state index >= 15 is 4.79 Å². The second kappa shape index (κ2) is 24.3. The molecule has 2 heterocycles. The van der Waals surface area contributed by atoms with Gasteiger partial charge in [0.15, 0.2) is 0 Å². The number of amides is 5. The van der Waals surface area contributed by atoms with Crippen molar-refractivity contribution in [1.29, 1.82) is 5.26 Å². The maximum Gasteiger partial charge on any atom is 0.252 e. The first-order valence-corrected chi connectivity index (χ1v) is 22.1. The Morgan fingerprint density at radius 1 is 0.892 bits per heavy atom. The van der Waals surface area contributed by atoms with Crippen molar-refractivity contribution in [1.82, 2.24) is 31.2 Å². The van der Waals surface area contributed by atoms with Crippen LogP contribution in [0.2, 0.25) is 0 Å². The molecule has 0 unspecified atom stereocenters. The van der Waals surface area contributed by atoms with E-state index in [4.69, 9.17) is 20.9 Å². The Morgan fingerprint density at radius 2 is 1.58 bits per heavy atom. The van der Waals surface area contributed by atoms with Crippen molar-refractivity contribution in [3.05, 3.63) is 113 Å². The molecule has 0 spiro atoms. The summed E-state index contributed by atoms with van der Waals surface area (Å²) in [6.07, 6.45) is 8.65. The fourth-order valence-electron chi connectivity index (χ4n) is 7.79. The molecule has 16 heteroatoms. The third kappa shape index (κ3) is 13.3. The summed E-state index contributed by atoms with van der Waals surface area (Å²) in [4.78, 5) is 76.4. The van der Waals surface area contributed by atoms with Crippen LogP contribution < -0.4 is 42.2 Å². The number of unbranched alkanes of at least 4 members (excludes halogenated alkanes) is 3. The third-order valence-electron chi connectivity index (χ3n) is 11.2. The van der Waals surface area contributed by atoms with E-state index in [0.717, 1.165) is 43.2 Å². The van der Waals surface area contributed by atoms with Crippen molar-refractivity contribution in [2.45, 2.75) is 89.9 Å². The van der Waals surface area contributed by atoms with Crippen molar-refractivity contribution in [2.24, 2.45) is 11.5 Å². The number of nitrogens with one attached hydrogen (secondary N) is 4. The molecule has 0 saturated carbocycles. The molecule has 4 bridgehead atoms. The molecule has 1 aliphatic heterocycles. The number of carbonyl (C=O) groups is 5. The maximum absolute atomic E-state index is 15.0. The topological polar surface area (TPSA) is 244 Å². The van der Waals surface area contributed by atoms with E-state index in [1.54, 1.807) is 67.0 Å². The predicted octanol–water partition coefficient (Wildman–Crippen LogP) is 3.58. The second-order valence-corrected chi connectivity index (χ2v) is 16.1. The van der Waals surface area contributed by atoms with Gasteiger partial charge in [-0.05, 0) is 97.0 Å². The summed E-state index contributed by atoms with van der Waals surface area (Å²) >= 11 is 0. The molecule has 0 aliphatic carbocycles. The first kappa shape index (κ1) is 49.2. The van der Waals surface area contributed by atoms with Crippen LogP contribution in [-0.4, -0.2) is 97.4 Å². The zero-order chi connectivity index (χ0) is 46.9. The molecule has 1 aromatic heterocycles. The fourth-order valence-corrected chi connectivity index (χ4v) is 7.79. The Labute approximate surface area is 380 Å². The van der Waals surface area contributed by atoms with Gasteiger partial charge in [-0.3, -0.25) is 29.0 Å². The molecular formula is C49H61N9O7. The Kier molecular flexibility index (Phi) is 18.4. The lowest BCUT2D eigenvalue weighted by Crippen LogP contribution is -2.56. The molecule has 5 amide bonds. The van der Waals surface area contributed by atoms with Crippen molar-refractivity contribution in [3.8, 4) is 28.7 Å². The summed E-state index contributed by atoms with van der Waals surface area (Å²) in [7, 11) is 1.47. The molecule has 5 rings (SSSR count). The number of hydrogen-bond acceptors (Lipinski definition) is 11. The minimum Gasteiger partial charge on any atom is -0.492 e. The third-order valence-corrected chi connectivity index (χ3v) is 11.2. The van der Waals surface area contributed by atoms with Gasteiger partial charge in [-0.2, -0.15) is 5.26 Å². The van der Waals surface area contributed by atoms with E-state index in [0.29, 0.717) is 44.9 Å². The van der Waals surface area contributed by atoms with E-state index in [1.165, 1.54) is 18.9 Å². The molecule has 344 valence electrons. The lowest BCUT2D eigenvalue weighted by molar-refractivity contribution is -0.141. The van der Waals surface area contributed by atoms with Crippen LogP contribution in [0, 0.1) is 18.3 Å². The number of nitriles is 1. The zero-order valence-corrected chi connectivity index (χ0v) is 37.7. The highest BCUT2D eigenvalue weighted by molar-refractivity contribution is 6.00. The van der Waals surface area contributed by atoms with Gasteiger partial charge in [0.2, 0.25) is 23.6 Å². The Morgan fingerprint density at radius 3 is 2.25 bits per heavy atom. The zero-order valence-electron chi connectivity index (χ0n) is 37.7.